The second-order valence-corrected chi connectivity index (χ2v) is 5.40. The van der Waals surface area contributed by atoms with Crippen molar-refractivity contribution in [2.24, 2.45) is 0 Å². The average molecular weight is 351 g/mol. The molecule has 0 atom stereocenters. The topological polar surface area (TPSA) is 70.7 Å². The lowest BCUT2D eigenvalue weighted by Crippen LogP contribution is -2.14. The number of aromatic amines is 1. The predicted octanol–water partition coefficient (Wildman–Crippen LogP) is 4.17. The number of pyridine rings is 1. The maximum Gasteiger partial charge on any atom is 0.259 e. The van der Waals surface area contributed by atoms with Crippen LogP contribution >= 0.6 is 23.2 Å². The summed E-state index contributed by atoms with van der Waals surface area (Å²) in [6.07, 6.45) is 4.85. The van der Waals surface area contributed by atoms with Crippen molar-refractivity contribution >= 4 is 35.1 Å². The summed E-state index contributed by atoms with van der Waals surface area (Å²) in [7, 11) is 0. The van der Waals surface area contributed by atoms with E-state index < -0.39 is 11.7 Å². The van der Waals surface area contributed by atoms with Gasteiger partial charge in [-0.15, -0.1) is 0 Å². The number of amides is 1. The van der Waals surface area contributed by atoms with Gasteiger partial charge in [-0.05, 0) is 24.3 Å². The molecule has 116 valence electrons. The lowest BCUT2D eigenvalue weighted by Gasteiger charge is -2.05. The number of benzene rings is 1. The number of aromatic nitrogens is 3. The average Bonchev–Trinajstić information content (AvgIpc) is 3.00. The zero-order valence-corrected chi connectivity index (χ0v) is 13.0. The molecule has 23 heavy (non-hydrogen) atoms. The van der Waals surface area contributed by atoms with Gasteiger partial charge in [-0.2, -0.15) is 0 Å². The van der Waals surface area contributed by atoms with Crippen LogP contribution < -0.4 is 5.32 Å². The Hall–Kier alpha value is -2.44. The Morgan fingerprint density at radius 3 is 2.65 bits per heavy atom. The number of anilines is 1. The van der Waals surface area contributed by atoms with E-state index in [-0.39, 0.29) is 21.6 Å². The standard InChI is InChI=1S/C15H9Cl2FN4O/c16-10-6-11(17)12(18)5-9(10)14(23)22-15-20-7-13(21-15)8-1-3-19-4-2-8/h1-7H,(H2,20,21,22,23). The van der Waals surface area contributed by atoms with Crippen LogP contribution in [0.3, 0.4) is 0 Å². The van der Waals surface area contributed by atoms with Crippen molar-refractivity contribution in [1.29, 1.82) is 0 Å². The molecule has 0 bridgehead atoms. The lowest BCUT2D eigenvalue weighted by molar-refractivity contribution is 0.102. The third-order valence-corrected chi connectivity index (χ3v) is 3.66. The first-order valence-electron chi connectivity index (χ1n) is 6.46. The van der Waals surface area contributed by atoms with Crippen LogP contribution in [0.15, 0.2) is 42.9 Å². The summed E-state index contributed by atoms with van der Waals surface area (Å²) in [5.41, 5.74) is 1.54. The van der Waals surface area contributed by atoms with Crippen molar-refractivity contribution in [3.63, 3.8) is 0 Å². The van der Waals surface area contributed by atoms with Crippen molar-refractivity contribution < 1.29 is 9.18 Å². The van der Waals surface area contributed by atoms with Crippen LogP contribution in [0, 0.1) is 5.82 Å². The Labute approximate surface area is 140 Å². The van der Waals surface area contributed by atoms with Gasteiger partial charge in [0.2, 0.25) is 5.95 Å². The second kappa shape index (κ2) is 6.36. The minimum Gasteiger partial charge on any atom is -0.324 e. The van der Waals surface area contributed by atoms with Gasteiger partial charge in [0.1, 0.15) is 5.82 Å². The number of carbonyl (C=O) groups is 1. The van der Waals surface area contributed by atoms with Gasteiger partial charge >= 0.3 is 0 Å². The third kappa shape index (κ3) is 3.33. The van der Waals surface area contributed by atoms with Gasteiger partial charge in [0.05, 0.1) is 27.5 Å². The first kappa shape index (κ1) is 15.5. The van der Waals surface area contributed by atoms with Crippen molar-refractivity contribution in [3.05, 3.63) is 64.3 Å². The number of H-pyrrole nitrogens is 1. The molecule has 0 unspecified atom stereocenters. The molecule has 8 heteroatoms. The molecule has 0 radical (unpaired) electrons. The van der Waals surface area contributed by atoms with E-state index in [2.05, 4.69) is 20.3 Å². The van der Waals surface area contributed by atoms with Gasteiger partial charge in [-0.3, -0.25) is 15.1 Å². The third-order valence-electron chi connectivity index (χ3n) is 3.05. The van der Waals surface area contributed by atoms with Crippen molar-refractivity contribution in [2.45, 2.75) is 0 Å². The van der Waals surface area contributed by atoms with E-state index in [1.165, 1.54) is 6.07 Å². The Bertz CT molecular complexity index is 867. The number of nitrogens with one attached hydrogen (secondary N) is 2. The number of hydrogen-bond acceptors (Lipinski definition) is 3. The van der Waals surface area contributed by atoms with E-state index in [0.29, 0.717) is 5.69 Å². The number of rotatable bonds is 3. The van der Waals surface area contributed by atoms with Crippen LogP contribution in [-0.2, 0) is 0 Å². The molecule has 3 rings (SSSR count). The maximum atomic E-state index is 13.5. The molecule has 2 aromatic heterocycles. The van der Waals surface area contributed by atoms with Crippen LogP contribution in [0.5, 0.6) is 0 Å². The molecule has 1 amide bonds. The molecule has 0 aliphatic rings. The van der Waals surface area contributed by atoms with E-state index >= 15 is 0 Å². The summed E-state index contributed by atoms with van der Waals surface area (Å²) in [5.74, 6) is -1.10. The summed E-state index contributed by atoms with van der Waals surface area (Å²) < 4.78 is 13.5. The quantitative estimate of drug-likeness (QED) is 0.696. The summed E-state index contributed by atoms with van der Waals surface area (Å²) in [4.78, 5) is 23.1. The van der Waals surface area contributed by atoms with E-state index in [1.54, 1.807) is 30.7 Å². The normalized spacial score (nSPS) is 10.6. The highest BCUT2D eigenvalue weighted by molar-refractivity contribution is 6.37. The molecule has 0 saturated carbocycles. The first-order chi connectivity index (χ1) is 11.0. The number of imidazole rings is 1. The summed E-state index contributed by atoms with van der Waals surface area (Å²) in [5, 5.41) is 2.42. The fourth-order valence-corrected chi connectivity index (χ4v) is 2.40. The minimum absolute atomic E-state index is 0.0320. The van der Waals surface area contributed by atoms with Gasteiger partial charge in [-0.1, -0.05) is 23.2 Å². The zero-order chi connectivity index (χ0) is 16.4. The van der Waals surface area contributed by atoms with E-state index in [9.17, 15) is 9.18 Å². The Kier molecular flexibility index (Phi) is 4.27. The molecule has 0 spiro atoms. The number of nitrogens with zero attached hydrogens (tertiary/aromatic N) is 2. The van der Waals surface area contributed by atoms with Crippen molar-refractivity contribution in [1.82, 2.24) is 15.0 Å². The van der Waals surface area contributed by atoms with Crippen molar-refractivity contribution in [3.8, 4) is 11.3 Å². The molecular formula is C15H9Cl2FN4O. The van der Waals surface area contributed by atoms with Gasteiger partial charge in [0.15, 0.2) is 0 Å². The largest absolute Gasteiger partial charge is 0.324 e. The van der Waals surface area contributed by atoms with E-state index in [0.717, 1.165) is 11.6 Å². The lowest BCUT2D eigenvalue weighted by atomic mass is 10.2. The molecule has 3 aromatic rings. The Balaban J connectivity index is 1.82. The number of halogens is 3. The summed E-state index contributed by atoms with van der Waals surface area (Å²) in [6.45, 7) is 0. The predicted molar refractivity (Wildman–Crippen MR) is 86.2 cm³/mol. The Morgan fingerprint density at radius 2 is 1.91 bits per heavy atom. The van der Waals surface area contributed by atoms with Gasteiger partial charge < -0.3 is 4.98 Å². The fraction of sp³-hybridized carbons (Fsp3) is 0. The smallest absolute Gasteiger partial charge is 0.259 e. The molecule has 1 aromatic carbocycles. The Morgan fingerprint density at radius 1 is 1.17 bits per heavy atom. The molecule has 5 nitrogen and oxygen atoms in total. The highest BCUT2D eigenvalue weighted by Crippen LogP contribution is 2.25. The molecule has 0 aliphatic carbocycles. The molecule has 0 saturated heterocycles. The zero-order valence-electron chi connectivity index (χ0n) is 11.5. The molecule has 2 N–H and O–H groups in total. The second-order valence-electron chi connectivity index (χ2n) is 4.58. The van der Waals surface area contributed by atoms with Gasteiger partial charge in [0, 0.05) is 18.0 Å². The van der Waals surface area contributed by atoms with E-state index in [4.69, 9.17) is 23.2 Å². The number of carbonyl (C=O) groups excluding carboxylic acids is 1. The highest BCUT2D eigenvalue weighted by Gasteiger charge is 2.15. The first-order valence-corrected chi connectivity index (χ1v) is 7.21. The van der Waals surface area contributed by atoms with Crippen LogP contribution in [0.25, 0.3) is 11.3 Å². The number of hydrogen-bond donors (Lipinski definition) is 2. The molecule has 0 aliphatic heterocycles. The minimum atomic E-state index is -0.724. The summed E-state index contributed by atoms with van der Waals surface area (Å²) in [6, 6.07) is 5.75. The molecule has 2 heterocycles. The van der Waals surface area contributed by atoms with Gasteiger partial charge in [-0.25, -0.2) is 9.37 Å². The summed E-state index contributed by atoms with van der Waals surface area (Å²) >= 11 is 11.5. The van der Waals surface area contributed by atoms with Crippen LogP contribution in [0.2, 0.25) is 10.0 Å². The van der Waals surface area contributed by atoms with Crippen LogP contribution in [-0.4, -0.2) is 20.9 Å². The maximum absolute atomic E-state index is 13.5. The van der Waals surface area contributed by atoms with E-state index in [1.807, 2.05) is 0 Å². The fourth-order valence-electron chi connectivity index (χ4n) is 1.93. The molecule has 0 fully saturated rings. The monoisotopic (exact) mass is 350 g/mol. The van der Waals surface area contributed by atoms with Crippen LogP contribution in [0.1, 0.15) is 10.4 Å². The highest BCUT2D eigenvalue weighted by atomic mass is 35.5. The van der Waals surface area contributed by atoms with Gasteiger partial charge in [0.25, 0.3) is 5.91 Å². The van der Waals surface area contributed by atoms with Crippen molar-refractivity contribution in [2.75, 3.05) is 5.32 Å². The molecular weight excluding hydrogens is 342 g/mol. The van der Waals surface area contributed by atoms with Crippen LogP contribution in [0.4, 0.5) is 10.3 Å². The SMILES string of the molecule is O=C(Nc1ncc(-c2ccncc2)[nH]1)c1cc(F)c(Cl)cc1Cl.